The van der Waals surface area contributed by atoms with Gasteiger partial charge in [0, 0.05) is 10.7 Å². The fourth-order valence-corrected chi connectivity index (χ4v) is 2.25. The second-order valence-electron chi connectivity index (χ2n) is 4.01. The van der Waals surface area contributed by atoms with E-state index >= 15 is 0 Å². The largest absolute Gasteiger partial charge is 0.447 e. The third-order valence-electron chi connectivity index (χ3n) is 2.94. The van der Waals surface area contributed by atoms with Crippen LogP contribution in [0.1, 0.15) is 5.56 Å². The van der Waals surface area contributed by atoms with Crippen molar-refractivity contribution in [1.82, 2.24) is 4.90 Å². The highest BCUT2D eigenvalue weighted by molar-refractivity contribution is 6.30. The molecule has 1 N–H and O–H groups in total. The molecule has 0 saturated carbocycles. The van der Waals surface area contributed by atoms with E-state index in [0.717, 1.165) is 5.56 Å². The van der Waals surface area contributed by atoms with E-state index in [9.17, 15) is 9.59 Å². The number of nitrogens with zero attached hydrogens (tertiary/aromatic N) is 1. The summed E-state index contributed by atoms with van der Waals surface area (Å²) >= 11 is 5.90. The Bertz CT molecular complexity index is 517. The molecule has 0 spiro atoms. The van der Waals surface area contributed by atoms with Crippen LogP contribution in [0.2, 0.25) is 5.02 Å². The molecule has 0 bridgehead atoms. The van der Waals surface area contributed by atoms with Crippen LogP contribution >= 0.6 is 11.6 Å². The fraction of sp³-hybridized carbons (Fsp3) is 0.273. The van der Waals surface area contributed by atoms with Gasteiger partial charge in [-0.1, -0.05) is 11.6 Å². The number of fused-ring (bicyclic) bond motifs is 2. The van der Waals surface area contributed by atoms with Crippen molar-refractivity contribution in [2.45, 2.75) is 12.6 Å². The van der Waals surface area contributed by atoms with E-state index in [4.69, 9.17) is 16.3 Å². The highest BCUT2D eigenvalue weighted by Crippen LogP contribution is 2.28. The fourth-order valence-electron chi connectivity index (χ4n) is 2.06. The second-order valence-corrected chi connectivity index (χ2v) is 4.45. The summed E-state index contributed by atoms with van der Waals surface area (Å²) in [4.78, 5) is 24.8. The van der Waals surface area contributed by atoms with Crippen LogP contribution in [-0.2, 0) is 16.1 Å². The van der Waals surface area contributed by atoms with Crippen LogP contribution in [0.15, 0.2) is 18.2 Å². The smallest absolute Gasteiger partial charge is 0.410 e. The number of halogens is 1. The van der Waals surface area contributed by atoms with Crippen LogP contribution in [0.25, 0.3) is 0 Å². The molecule has 0 aliphatic carbocycles. The zero-order chi connectivity index (χ0) is 12.0. The SMILES string of the molecule is O=C1Nc2ccc(Cl)cc2CN2C(=O)OCC12. The third-order valence-corrected chi connectivity index (χ3v) is 3.18. The summed E-state index contributed by atoms with van der Waals surface area (Å²) in [7, 11) is 0. The number of cyclic esters (lactones) is 1. The molecule has 2 aliphatic heterocycles. The Morgan fingerprint density at radius 2 is 2.24 bits per heavy atom. The van der Waals surface area contributed by atoms with Crippen LogP contribution in [0.3, 0.4) is 0 Å². The Balaban J connectivity index is 2.05. The maximum Gasteiger partial charge on any atom is 0.410 e. The van der Waals surface area contributed by atoms with Crippen molar-refractivity contribution in [3.8, 4) is 0 Å². The second kappa shape index (κ2) is 3.63. The van der Waals surface area contributed by atoms with Gasteiger partial charge in [-0.15, -0.1) is 0 Å². The molecule has 2 heterocycles. The molecule has 1 fully saturated rings. The lowest BCUT2D eigenvalue weighted by Gasteiger charge is -2.15. The number of carbonyl (C=O) groups excluding carboxylic acids is 2. The average molecular weight is 253 g/mol. The minimum atomic E-state index is -0.548. The van der Waals surface area contributed by atoms with Crippen LogP contribution in [-0.4, -0.2) is 29.5 Å². The first kappa shape index (κ1) is 10.4. The first-order valence-corrected chi connectivity index (χ1v) is 5.55. The van der Waals surface area contributed by atoms with E-state index in [-0.39, 0.29) is 12.5 Å². The van der Waals surface area contributed by atoms with E-state index < -0.39 is 12.1 Å². The lowest BCUT2D eigenvalue weighted by molar-refractivity contribution is -0.119. The van der Waals surface area contributed by atoms with Crippen LogP contribution in [0, 0.1) is 0 Å². The van der Waals surface area contributed by atoms with E-state index in [2.05, 4.69) is 5.32 Å². The van der Waals surface area contributed by atoms with Crippen LogP contribution in [0.4, 0.5) is 10.5 Å². The van der Waals surface area contributed by atoms with Crippen LogP contribution in [0.5, 0.6) is 0 Å². The predicted octanol–water partition coefficient (Wildman–Crippen LogP) is 1.61. The minimum absolute atomic E-state index is 0.104. The maximum absolute atomic E-state index is 11.9. The van der Waals surface area contributed by atoms with E-state index in [0.29, 0.717) is 17.3 Å². The summed E-state index contributed by atoms with van der Waals surface area (Å²) in [6.45, 7) is 0.435. The maximum atomic E-state index is 11.9. The Morgan fingerprint density at radius 1 is 1.41 bits per heavy atom. The van der Waals surface area contributed by atoms with Gasteiger partial charge in [0.05, 0.1) is 6.54 Å². The quantitative estimate of drug-likeness (QED) is 0.763. The molecule has 2 amide bonds. The van der Waals surface area contributed by atoms with Crippen molar-refractivity contribution in [1.29, 1.82) is 0 Å². The average Bonchev–Trinajstić information content (AvgIpc) is 2.57. The molecular formula is C11H9ClN2O3. The predicted molar refractivity (Wildman–Crippen MR) is 60.8 cm³/mol. The Morgan fingerprint density at radius 3 is 3.06 bits per heavy atom. The topological polar surface area (TPSA) is 58.6 Å². The summed E-state index contributed by atoms with van der Waals surface area (Å²) in [5.41, 5.74) is 1.51. The third kappa shape index (κ3) is 1.63. The number of carbonyl (C=O) groups is 2. The highest BCUT2D eigenvalue weighted by Gasteiger charge is 2.40. The standard InChI is InChI=1S/C11H9ClN2O3/c12-7-1-2-8-6(3-7)4-14-9(10(15)13-8)5-17-11(14)16/h1-3,9H,4-5H2,(H,13,15). The Labute approximate surface area is 102 Å². The molecule has 17 heavy (non-hydrogen) atoms. The summed E-state index contributed by atoms with van der Waals surface area (Å²) in [5.74, 6) is -0.225. The minimum Gasteiger partial charge on any atom is -0.447 e. The summed E-state index contributed by atoms with van der Waals surface area (Å²) in [6.07, 6.45) is -0.460. The number of amides is 2. The van der Waals surface area contributed by atoms with Crippen molar-refractivity contribution in [3.63, 3.8) is 0 Å². The van der Waals surface area contributed by atoms with Crippen molar-refractivity contribution in [2.24, 2.45) is 0 Å². The highest BCUT2D eigenvalue weighted by atomic mass is 35.5. The van der Waals surface area contributed by atoms with E-state index in [1.54, 1.807) is 18.2 Å². The number of anilines is 1. The van der Waals surface area contributed by atoms with E-state index in [1.807, 2.05) is 0 Å². The molecule has 1 atom stereocenters. The van der Waals surface area contributed by atoms with Gasteiger partial charge < -0.3 is 10.1 Å². The molecule has 0 aromatic heterocycles. The van der Waals surface area contributed by atoms with Gasteiger partial charge in [-0.2, -0.15) is 0 Å². The number of ether oxygens (including phenoxy) is 1. The Hall–Kier alpha value is -1.75. The van der Waals surface area contributed by atoms with Crippen molar-refractivity contribution in [3.05, 3.63) is 28.8 Å². The van der Waals surface area contributed by atoms with Gasteiger partial charge in [0.15, 0.2) is 0 Å². The summed E-state index contributed by atoms with van der Waals surface area (Å²) in [5, 5.41) is 3.34. The molecule has 1 aromatic carbocycles. The lowest BCUT2D eigenvalue weighted by Crippen LogP contribution is -2.39. The van der Waals surface area contributed by atoms with Crippen molar-refractivity contribution < 1.29 is 14.3 Å². The van der Waals surface area contributed by atoms with Crippen LogP contribution < -0.4 is 5.32 Å². The number of benzene rings is 1. The first-order valence-electron chi connectivity index (χ1n) is 5.18. The molecular weight excluding hydrogens is 244 g/mol. The molecule has 1 aromatic rings. The summed E-state index contributed by atoms with van der Waals surface area (Å²) < 4.78 is 4.86. The van der Waals surface area contributed by atoms with E-state index in [1.165, 1.54) is 4.90 Å². The van der Waals surface area contributed by atoms with Gasteiger partial charge in [0.25, 0.3) is 5.91 Å². The molecule has 0 radical (unpaired) electrons. The zero-order valence-corrected chi connectivity index (χ0v) is 9.53. The molecule has 6 heteroatoms. The molecule has 88 valence electrons. The first-order chi connectivity index (χ1) is 8.15. The van der Waals surface area contributed by atoms with Gasteiger partial charge >= 0.3 is 6.09 Å². The number of hydrogen-bond donors (Lipinski definition) is 1. The van der Waals surface area contributed by atoms with Gasteiger partial charge in [0.1, 0.15) is 12.6 Å². The summed E-state index contributed by atoms with van der Waals surface area (Å²) in [6, 6.07) is 4.64. The molecule has 2 aliphatic rings. The lowest BCUT2D eigenvalue weighted by atomic mass is 10.2. The molecule has 1 unspecified atom stereocenters. The van der Waals surface area contributed by atoms with Gasteiger partial charge in [-0.05, 0) is 23.8 Å². The number of rotatable bonds is 0. The number of hydrogen-bond acceptors (Lipinski definition) is 3. The van der Waals surface area contributed by atoms with Gasteiger partial charge in [-0.3, -0.25) is 9.69 Å². The van der Waals surface area contributed by atoms with Crippen molar-refractivity contribution in [2.75, 3.05) is 11.9 Å². The monoisotopic (exact) mass is 252 g/mol. The van der Waals surface area contributed by atoms with Gasteiger partial charge in [-0.25, -0.2) is 4.79 Å². The zero-order valence-electron chi connectivity index (χ0n) is 8.77. The Kier molecular flexibility index (Phi) is 2.22. The number of nitrogens with one attached hydrogen (secondary N) is 1. The molecule has 5 nitrogen and oxygen atoms in total. The van der Waals surface area contributed by atoms with Crippen molar-refractivity contribution >= 4 is 29.3 Å². The normalized spacial score (nSPS) is 22.4. The molecule has 1 saturated heterocycles. The molecule has 3 rings (SSSR count). The van der Waals surface area contributed by atoms with Gasteiger partial charge in [0.2, 0.25) is 0 Å².